The van der Waals surface area contributed by atoms with Crippen molar-refractivity contribution in [3.8, 4) is 17.1 Å². The highest BCUT2D eigenvalue weighted by Gasteiger charge is 2.16. The van der Waals surface area contributed by atoms with E-state index in [1.54, 1.807) is 11.8 Å². The van der Waals surface area contributed by atoms with Gasteiger partial charge in [-0.15, -0.1) is 10.2 Å². The molecule has 0 aliphatic rings. The predicted molar refractivity (Wildman–Crippen MR) is 97.6 cm³/mol. The fourth-order valence-corrected chi connectivity index (χ4v) is 3.27. The van der Waals surface area contributed by atoms with Gasteiger partial charge in [0.15, 0.2) is 11.0 Å². The van der Waals surface area contributed by atoms with Gasteiger partial charge in [0.25, 0.3) is 0 Å². The van der Waals surface area contributed by atoms with Crippen LogP contribution in [0.1, 0.15) is 18.9 Å². The van der Waals surface area contributed by atoms with E-state index in [9.17, 15) is 0 Å². The summed E-state index contributed by atoms with van der Waals surface area (Å²) in [4.78, 5) is 0. The van der Waals surface area contributed by atoms with Crippen molar-refractivity contribution in [2.45, 2.75) is 25.4 Å². The quantitative estimate of drug-likeness (QED) is 0.581. The van der Waals surface area contributed by atoms with Crippen LogP contribution in [-0.4, -0.2) is 20.5 Å². The number of rotatable bonds is 5. The van der Waals surface area contributed by atoms with E-state index in [4.69, 9.17) is 11.6 Å². The molecule has 0 amide bonds. The summed E-state index contributed by atoms with van der Waals surface area (Å²) in [5.74, 6) is 1.86. The van der Waals surface area contributed by atoms with E-state index in [1.165, 1.54) is 5.56 Å². The van der Waals surface area contributed by atoms with Gasteiger partial charge in [-0.05, 0) is 55.3 Å². The molecule has 0 atom stereocenters. The van der Waals surface area contributed by atoms with Crippen LogP contribution in [0.2, 0.25) is 5.02 Å². The average molecular weight is 344 g/mol. The van der Waals surface area contributed by atoms with E-state index in [1.807, 2.05) is 24.3 Å². The van der Waals surface area contributed by atoms with Crippen LogP contribution in [0.4, 0.5) is 0 Å². The Hall–Kier alpha value is -1.78. The van der Waals surface area contributed by atoms with Crippen molar-refractivity contribution >= 4 is 23.4 Å². The van der Waals surface area contributed by atoms with Crippen molar-refractivity contribution in [3.05, 3.63) is 59.1 Å². The summed E-state index contributed by atoms with van der Waals surface area (Å²) in [6, 6.07) is 16.1. The molecular weight excluding hydrogens is 326 g/mol. The van der Waals surface area contributed by atoms with Crippen LogP contribution in [0.15, 0.2) is 53.7 Å². The molecule has 2 aromatic carbocycles. The zero-order valence-electron chi connectivity index (χ0n) is 13.2. The highest BCUT2D eigenvalue weighted by atomic mass is 35.5. The molecule has 0 radical (unpaired) electrons. The molecule has 0 fully saturated rings. The Morgan fingerprint density at radius 3 is 2.57 bits per heavy atom. The lowest BCUT2D eigenvalue weighted by Gasteiger charge is -2.11. The first-order chi connectivity index (χ1) is 11.2. The Bertz CT molecular complexity index is 796. The number of aromatic nitrogens is 3. The summed E-state index contributed by atoms with van der Waals surface area (Å²) in [7, 11) is 0. The largest absolute Gasteiger partial charge is 0.270 e. The smallest absolute Gasteiger partial charge is 0.196 e. The van der Waals surface area contributed by atoms with Crippen molar-refractivity contribution < 1.29 is 0 Å². The van der Waals surface area contributed by atoms with Gasteiger partial charge in [0.05, 0.1) is 0 Å². The monoisotopic (exact) mass is 343 g/mol. The maximum absolute atomic E-state index is 6.00. The van der Waals surface area contributed by atoms with E-state index < -0.39 is 0 Å². The summed E-state index contributed by atoms with van der Waals surface area (Å²) >= 11 is 7.73. The predicted octanol–water partition coefficient (Wildman–Crippen LogP) is 5.40. The van der Waals surface area contributed by atoms with Gasteiger partial charge in [-0.2, -0.15) is 0 Å². The van der Waals surface area contributed by atoms with E-state index in [-0.39, 0.29) is 0 Å². The molecule has 1 aromatic heterocycles. The van der Waals surface area contributed by atoms with Crippen LogP contribution < -0.4 is 0 Å². The molecule has 1 heterocycles. The van der Waals surface area contributed by atoms with Gasteiger partial charge in [-0.3, -0.25) is 4.57 Å². The SMILES string of the molecule is CCCSc1nnc(-c2ccc(Cl)cc2)n1-c1cccc(C)c1. The van der Waals surface area contributed by atoms with Crippen molar-refractivity contribution in [3.63, 3.8) is 0 Å². The van der Waals surface area contributed by atoms with E-state index in [2.05, 4.69) is 52.9 Å². The number of hydrogen-bond donors (Lipinski definition) is 0. The van der Waals surface area contributed by atoms with Gasteiger partial charge in [-0.25, -0.2) is 0 Å². The van der Waals surface area contributed by atoms with Crippen LogP contribution in [0, 0.1) is 6.92 Å². The second kappa shape index (κ2) is 7.20. The maximum atomic E-state index is 6.00. The summed E-state index contributed by atoms with van der Waals surface area (Å²) in [5, 5.41) is 10.5. The number of benzene rings is 2. The standard InChI is InChI=1S/C18H18ClN3S/c1-3-11-23-18-21-20-17(14-7-9-15(19)10-8-14)22(18)16-6-4-5-13(2)12-16/h4-10,12H,3,11H2,1-2H3. The first-order valence-electron chi connectivity index (χ1n) is 7.60. The fraction of sp³-hybridized carbons (Fsp3) is 0.222. The minimum Gasteiger partial charge on any atom is -0.270 e. The summed E-state index contributed by atoms with van der Waals surface area (Å²) in [5.41, 5.74) is 3.30. The Kier molecular flexibility index (Phi) is 5.03. The number of halogens is 1. The summed E-state index contributed by atoms with van der Waals surface area (Å²) in [6.07, 6.45) is 1.10. The van der Waals surface area contributed by atoms with E-state index in [0.717, 1.165) is 39.4 Å². The molecule has 3 rings (SSSR count). The highest BCUT2D eigenvalue weighted by Crippen LogP contribution is 2.29. The zero-order valence-corrected chi connectivity index (χ0v) is 14.7. The molecule has 0 spiro atoms. The van der Waals surface area contributed by atoms with Crippen LogP contribution in [0.5, 0.6) is 0 Å². The lowest BCUT2D eigenvalue weighted by atomic mass is 10.2. The highest BCUT2D eigenvalue weighted by molar-refractivity contribution is 7.99. The molecule has 3 aromatic rings. The van der Waals surface area contributed by atoms with E-state index in [0.29, 0.717) is 0 Å². The molecule has 5 heteroatoms. The number of thioether (sulfide) groups is 1. The molecule has 0 saturated heterocycles. The number of aryl methyl sites for hydroxylation is 1. The second-order valence-electron chi connectivity index (χ2n) is 5.34. The summed E-state index contributed by atoms with van der Waals surface area (Å²) < 4.78 is 2.12. The van der Waals surface area contributed by atoms with Gasteiger partial charge >= 0.3 is 0 Å². The third-order valence-corrected chi connectivity index (χ3v) is 4.82. The molecule has 0 bridgehead atoms. The molecule has 0 unspecified atom stereocenters. The molecule has 0 aliphatic heterocycles. The van der Waals surface area contributed by atoms with Crippen LogP contribution in [0.25, 0.3) is 17.1 Å². The number of nitrogens with zero attached hydrogens (tertiary/aromatic N) is 3. The first-order valence-corrected chi connectivity index (χ1v) is 8.96. The van der Waals surface area contributed by atoms with Gasteiger partial charge in [0.1, 0.15) is 0 Å². The van der Waals surface area contributed by atoms with Crippen molar-refractivity contribution in [1.82, 2.24) is 14.8 Å². The molecule has 0 N–H and O–H groups in total. The molecular formula is C18H18ClN3S. The first kappa shape index (κ1) is 16.1. The molecule has 3 nitrogen and oxygen atoms in total. The topological polar surface area (TPSA) is 30.7 Å². The molecule has 23 heavy (non-hydrogen) atoms. The molecule has 0 aliphatic carbocycles. The second-order valence-corrected chi connectivity index (χ2v) is 6.83. The van der Waals surface area contributed by atoms with Gasteiger partial charge in [-0.1, -0.05) is 42.4 Å². The Balaban J connectivity index is 2.12. The van der Waals surface area contributed by atoms with Crippen molar-refractivity contribution in [2.24, 2.45) is 0 Å². The van der Waals surface area contributed by atoms with Crippen LogP contribution >= 0.6 is 23.4 Å². The van der Waals surface area contributed by atoms with Crippen LogP contribution in [-0.2, 0) is 0 Å². The lowest BCUT2D eigenvalue weighted by molar-refractivity contribution is 0.883. The fourth-order valence-electron chi connectivity index (χ4n) is 2.34. The maximum Gasteiger partial charge on any atom is 0.196 e. The normalized spacial score (nSPS) is 10.9. The Morgan fingerprint density at radius 1 is 1.09 bits per heavy atom. The average Bonchev–Trinajstić information content (AvgIpc) is 2.97. The summed E-state index contributed by atoms with van der Waals surface area (Å²) in [6.45, 7) is 4.26. The van der Waals surface area contributed by atoms with Gasteiger partial charge in [0.2, 0.25) is 0 Å². The van der Waals surface area contributed by atoms with Crippen molar-refractivity contribution in [2.75, 3.05) is 5.75 Å². The Labute approximate surface area is 145 Å². The minimum absolute atomic E-state index is 0.718. The Morgan fingerprint density at radius 2 is 1.87 bits per heavy atom. The zero-order chi connectivity index (χ0) is 16.2. The van der Waals surface area contributed by atoms with Crippen molar-refractivity contribution in [1.29, 1.82) is 0 Å². The van der Waals surface area contributed by atoms with Gasteiger partial charge in [0, 0.05) is 22.0 Å². The minimum atomic E-state index is 0.718. The molecule has 118 valence electrons. The van der Waals surface area contributed by atoms with E-state index >= 15 is 0 Å². The third kappa shape index (κ3) is 3.59. The van der Waals surface area contributed by atoms with Crippen LogP contribution in [0.3, 0.4) is 0 Å². The van der Waals surface area contributed by atoms with Gasteiger partial charge < -0.3 is 0 Å². The lowest BCUT2D eigenvalue weighted by Crippen LogP contribution is -2.00. The number of hydrogen-bond acceptors (Lipinski definition) is 3. The molecule has 0 saturated carbocycles. The third-order valence-electron chi connectivity index (χ3n) is 3.43.